The van der Waals surface area contributed by atoms with E-state index in [1.165, 1.54) is 30.0 Å². The average molecular weight is 544 g/mol. The molecule has 2 aromatic heterocycles. The number of rotatable bonds is 5. The molecule has 1 saturated carbocycles. The summed E-state index contributed by atoms with van der Waals surface area (Å²) < 4.78 is 41.9. The topological polar surface area (TPSA) is 109 Å². The number of tetrazole rings is 1. The first-order valence-electron chi connectivity index (χ1n) is 11.0. The second kappa shape index (κ2) is 10.2. The van der Waals surface area contributed by atoms with Crippen molar-refractivity contribution in [3.05, 3.63) is 46.0 Å². The van der Waals surface area contributed by atoms with Crippen molar-refractivity contribution in [1.82, 2.24) is 35.6 Å². The number of carbonyl (C=O) groups is 1. The Hall–Kier alpha value is -2.96. The van der Waals surface area contributed by atoms with Gasteiger partial charge < -0.3 is 5.32 Å². The SMILES string of the molecule is C[C@@H](NC(=O)N(O)C1CCC(F)(F)CC1)c1ncc(-c2cc(Cl)cc(Cl)c2-c2nnn(C)n2)cc1F. The van der Waals surface area contributed by atoms with Crippen molar-refractivity contribution < 1.29 is 23.2 Å². The molecule has 36 heavy (non-hydrogen) atoms. The van der Waals surface area contributed by atoms with Gasteiger partial charge in [0.15, 0.2) is 0 Å². The number of nitrogens with one attached hydrogen (secondary N) is 1. The zero-order valence-corrected chi connectivity index (χ0v) is 20.7. The Kier molecular flexibility index (Phi) is 7.39. The van der Waals surface area contributed by atoms with E-state index < -0.39 is 42.7 Å². The lowest BCUT2D eigenvalue weighted by atomic mass is 9.92. The van der Waals surface area contributed by atoms with Crippen LogP contribution < -0.4 is 5.32 Å². The van der Waals surface area contributed by atoms with Crippen molar-refractivity contribution in [2.45, 2.75) is 50.6 Å². The van der Waals surface area contributed by atoms with E-state index in [4.69, 9.17) is 23.2 Å². The lowest BCUT2D eigenvalue weighted by molar-refractivity contribution is -0.119. The lowest BCUT2D eigenvalue weighted by Crippen LogP contribution is -2.47. The van der Waals surface area contributed by atoms with E-state index >= 15 is 4.39 Å². The minimum absolute atomic E-state index is 0.0439. The van der Waals surface area contributed by atoms with Gasteiger partial charge in [-0.15, -0.1) is 10.2 Å². The number of carbonyl (C=O) groups excluding carboxylic acids is 1. The van der Waals surface area contributed by atoms with Crippen LogP contribution in [0.5, 0.6) is 0 Å². The van der Waals surface area contributed by atoms with Gasteiger partial charge in [-0.1, -0.05) is 23.2 Å². The molecule has 1 atom stereocenters. The molecule has 0 unspecified atom stereocenters. The zero-order chi connectivity index (χ0) is 26.2. The van der Waals surface area contributed by atoms with Crippen molar-refractivity contribution in [1.29, 1.82) is 0 Å². The maximum atomic E-state index is 15.1. The third-order valence-corrected chi connectivity index (χ3v) is 6.47. The molecule has 9 nitrogen and oxygen atoms in total. The molecule has 192 valence electrons. The van der Waals surface area contributed by atoms with Crippen LogP contribution in [0.2, 0.25) is 10.0 Å². The molecule has 2 heterocycles. The summed E-state index contributed by atoms with van der Waals surface area (Å²) in [6.45, 7) is 1.48. The second-order valence-corrected chi connectivity index (χ2v) is 9.45. The number of hydrogen-bond acceptors (Lipinski definition) is 6. The first kappa shape index (κ1) is 26.1. The molecular formula is C22H22Cl2F3N7O2. The Bertz CT molecular complexity index is 1280. The fourth-order valence-electron chi connectivity index (χ4n) is 4.08. The number of hydroxylamine groups is 2. The Labute approximate surface area is 214 Å². The summed E-state index contributed by atoms with van der Waals surface area (Å²) in [6, 6.07) is 1.65. The maximum absolute atomic E-state index is 15.1. The van der Waals surface area contributed by atoms with Crippen LogP contribution in [-0.4, -0.2) is 53.5 Å². The van der Waals surface area contributed by atoms with E-state index in [0.29, 0.717) is 26.8 Å². The van der Waals surface area contributed by atoms with Crippen LogP contribution in [0.1, 0.15) is 44.3 Å². The molecule has 0 spiro atoms. The van der Waals surface area contributed by atoms with Gasteiger partial charge in [-0.05, 0) is 48.7 Å². The summed E-state index contributed by atoms with van der Waals surface area (Å²) in [6.07, 6.45) is 0.446. The van der Waals surface area contributed by atoms with Gasteiger partial charge >= 0.3 is 6.03 Å². The molecule has 0 bridgehead atoms. The molecule has 0 saturated heterocycles. The Balaban J connectivity index is 1.54. The fourth-order valence-corrected chi connectivity index (χ4v) is 4.66. The van der Waals surface area contributed by atoms with Crippen LogP contribution in [0.25, 0.3) is 22.5 Å². The van der Waals surface area contributed by atoms with Gasteiger partial charge in [0, 0.05) is 35.2 Å². The van der Waals surface area contributed by atoms with Gasteiger partial charge in [-0.2, -0.15) is 4.80 Å². The van der Waals surface area contributed by atoms with E-state index in [1.54, 1.807) is 13.1 Å². The Morgan fingerprint density at radius 1 is 1.28 bits per heavy atom. The number of alkyl halides is 2. The van der Waals surface area contributed by atoms with Crippen molar-refractivity contribution >= 4 is 29.2 Å². The summed E-state index contributed by atoms with van der Waals surface area (Å²) in [5, 5.41) is 25.5. The van der Waals surface area contributed by atoms with Crippen LogP contribution in [0, 0.1) is 5.82 Å². The standard InChI is InChI=1S/C22H22Cl2F3N7O2/c1-11(29-21(35)34(36)14-3-5-22(26,27)6-4-14)19-17(25)7-12(10-28-19)15-8-13(23)9-16(24)18(15)20-30-32-33(2)31-20/h7-11,14,36H,3-6H2,1-2H3,(H,29,35)/t11-/m1/s1. The Morgan fingerprint density at radius 2 is 1.97 bits per heavy atom. The normalized spacial score (nSPS) is 16.6. The Morgan fingerprint density at radius 3 is 2.58 bits per heavy atom. The van der Waals surface area contributed by atoms with E-state index in [-0.39, 0.29) is 29.4 Å². The number of halogens is 5. The first-order valence-corrected chi connectivity index (χ1v) is 11.8. The van der Waals surface area contributed by atoms with Crippen LogP contribution in [0.4, 0.5) is 18.0 Å². The third kappa shape index (κ3) is 5.55. The molecule has 3 aromatic rings. The summed E-state index contributed by atoms with van der Waals surface area (Å²) in [5.74, 6) is -3.33. The van der Waals surface area contributed by atoms with Gasteiger partial charge in [0.1, 0.15) is 5.82 Å². The van der Waals surface area contributed by atoms with Crippen LogP contribution in [0.3, 0.4) is 0 Å². The van der Waals surface area contributed by atoms with Gasteiger partial charge in [0.25, 0.3) is 0 Å². The smallest absolute Gasteiger partial charge is 0.328 e. The van der Waals surface area contributed by atoms with Crippen molar-refractivity contribution in [2.75, 3.05) is 0 Å². The average Bonchev–Trinajstić information content (AvgIpc) is 3.23. The summed E-state index contributed by atoms with van der Waals surface area (Å²) >= 11 is 12.6. The number of pyridine rings is 1. The molecular weight excluding hydrogens is 522 g/mol. The molecule has 2 N–H and O–H groups in total. The molecule has 1 aliphatic rings. The number of amides is 2. The predicted molar refractivity (Wildman–Crippen MR) is 125 cm³/mol. The summed E-state index contributed by atoms with van der Waals surface area (Å²) in [4.78, 5) is 17.9. The molecule has 14 heteroatoms. The molecule has 0 radical (unpaired) electrons. The monoisotopic (exact) mass is 543 g/mol. The second-order valence-electron chi connectivity index (χ2n) is 8.61. The highest BCUT2D eigenvalue weighted by molar-refractivity contribution is 6.37. The summed E-state index contributed by atoms with van der Waals surface area (Å²) in [5.41, 5.74) is 1.04. The number of aryl methyl sites for hydroxylation is 1. The van der Waals surface area contributed by atoms with E-state index in [0.717, 1.165) is 0 Å². The highest BCUT2D eigenvalue weighted by atomic mass is 35.5. The lowest BCUT2D eigenvalue weighted by Gasteiger charge is -2.33. The third-order valence-electron chi connectivity index (χ3n) is 5.96. The minimum atomic E-state index is -2.80. The molecule has 1 aromatic carbocycles. The van der Waals surface area contributed by atoms with Gasteiger partial charge in [-0.25, -0.2) is 23.0 Å². The van der Waals surface area contributed by atoms with Gasteiger partial charge in [-0.3, -0.25) is 10.2 Å². The number of aromatic nitrogens is 5. The molecule has 4 rings (SSSR count). The van der Waals surface area contributed by atoms with Gasteiger partial charge in [0.2, 0.25) is 11.7 Å². The quantitative estimate of drug-likeness (QED) is 0.328. The van der Waals surface area contributed by atoms with Gasteiger partial charge in [0.05, 0.1) is 29.8 Å². The highest BCUT2D eigenvalue weighted by Crippen LogP contribution is 2.39. The van der Waals surface area contributed by atoms with Crippen LogP contribution in [0.15, 0.2) is 24.4 Å². The van der Waals surface area contributed by atoms with Crippen LogP contribution in [-0.2, 0) is 7.05 Å². The van der Waals surface area contributed by atoms with Crippen molar-refractivity contribution in [3.8, 4) is 22.5 Å². The first-order chi connectivity index (χ1) is 16.9. The zero-order valence-electron chi connectivity index (χ0n) is 19.2. The van der Waals surface area contributed by atoms with E-state index in [2.05, 4.69) is 25.7 Å². The molecule has 0 aliphatic heterocycles. The highest BCUT2D eigenvalue weighted by Gasteiger charge is 2.38. The molecule has 1 aliphatic carbocycles. The molecule has 1 fully saturated rings. The largest absolute Gasteiger partial charge is 0.341 e. The van der Waals surface area contributed by atoms with Crippen molar-refractivity contribution in [2.24, 2.45) is 7.05 Å². The number of benzene rings is 1. The number of hydrogen-bond donors (Lipinski definition) is 2. The van der Waals surface area contributed by atoms with Crippen LogP contribution >= 0.6 is 23.2 Å². The maximum Gasteiger partial charge on any atom is 0.341 e. The van der Waals surface area contributed by atoms with E-state index in [1.807, 2.05) is 0 Å². The predicted octanol–water partition coefficient (Wildman–Crippen LogP) is 5.42. The summed E-state index contributed by atoms with van der Waals surface area (Å²) in [7, 11) is 1.59. The van der Waals surface area contributed by atoms with Crippen molar-refractivity contribution in [3.63, 3.8) is 0 Å². The van der Waals surface area contributed by atoms with E-state index in [9.17, 15) is 18.8 Å². The minimum Gasteiger partial charge on any atom is -0.328 e. The number of nitrogens with zero attached hydrogens (tertiary/aromatic N) is 6. The molecule has 2 amide bonds. The number of urea groups is 1. The fraction of sp³-hybridized carbons (Fsp3) is 0.409.